The first-order chi connectivity index (χ1) is 11.5. The predicted molar refractivity (Wildman–Crippen MR) is 95.6 cm³/mol. The molecule has 0 saturated heterocycles. The van der Waals surface area contributed by atoms with Crippen LogP contribution in [0.5, 0.6) is 0 Å². The number of rotatable bonds is 8. The van der Waals surface area contributed by atoms with Gasteiger partial charge < -0.3 is 5.32 Å². The Morgan fingerprint density at radius 1 is 1.00 bits per heavy atom. The molecule has 0 aromatic heterocycles. The lowest BCUT2D eigenvalue weighted by atomic mass is 10.2. The third-order valence-electron chi connectivity index (χ3n) is 3.50. The number of hydrogen-bond donors (Lipinski definition) is 2. The average molecular weight is 346 g/mol. The summed E-state index contributed by atoms with van der Waals surface area (Å²) in [6.07, 6.45) is 3.04. The summed E-state index contributed by atoms with van der Waals surface area (Å²) in [4.78, 5) is 12.2. The molecule has 1 amide bonds. The second-order valence-corrected chi connectivity index (χ2v) is 7.14. The summed E-state index contributed by atoms with van der Waals surface area (Å²) in [6.45, 7) is 2.68. The normalized spacial score (nSPS) is 11.0. The van der Waals surface area contributed by atoms with Crippen LogP contribution in [0.25, 0.3) is 0 Å². The topological polar surface area (TPSA) is 75.3 Å². The first-order valence-corrected chi connectivity index (χ1v) is 9.47. The Balaban J connectivity index is 2.10. The first kappa shape index (κ1) is 18.0. The number of nitrogens with one attached hydrogen (secondary N) is 2. The van der Waals surface area contributed by atoms with Gasteiger partial charge in [0.25, 0.3) is 15.9 Å². The van der Waals surface area contributed by atoms with Crippen LogP contribution in [-0.4, -0.2) is 20.9 Å². The highest BCUT2D eigenvalue weighted by Crippen LogP contribution is 2.17. The minimum absolute atomic E-state index is 0.0626. The fourth-order valence-corrected chi connectivity index (χ4v) is 3.31. The standard InChI is InChI=1S/C18H22N2O3S/c1-2-3-7-13-19-18(21)15-9-8-12-17(14-15)24(22,23)20-16-10-5-4-6-11-16/h4-6,8-12,14,20H,2-3,7,13H2,1H3,(H,19,21). The summed E-state index contributed by atoms with van der Waals surface area (Å²) in [5.74, 6) is -0.261. The Morgan fingerprint density at radius 2 is 1.75 bits per heavy atom. The van der Waals surface area contributed by atoms with Gasteiger partial charge >= 0.3 is 0 Å². The maximum Gasteiger partial charge on any atom is 0.261 e. The molecule has 2 rings (SSSR count). The van der Waals surface area contributed by atoms with E-state index >= 15 is 0 Å². The lowest BCUT2D eigenvalue weighted by Crippen LogP contribution is -2.24. The fraction of sp³-hybridized carbons (Fsp3) is 0.278. The molecule has 0 fully saturated rings. The van der Waals surface area contributed by atoms with Crippen LogP contribution in [0.4, 0.5) is 5.69 Å². The van der Waals surface area contributed by atoms with E-state index in [0.29, 0.717) is 17.8 Å². The van der Waals surface area contributed by atoms with E-state index < -0.39 is 10.0 Å². The molecular formula is C18H22N2O3S. The molecular weight excluding hydrogens is 324 g/mol. The van der Waals surface area contributed by atoms with Gasteiger partial charge in [0.2, 0.25) is 0 Å². The van der Waals surface area contributed by atoms with E-state index in [1.165, 1.54) is 12.1 Å². The Bertz CT molecular complexity index is 774. The fourth-order valence-electron chi connectivity index (χ4n) is 2.20. The minimum Gasteiger partial charge on any atom is -0.352 e. The largest absolute Gasteiger partial charge is 0.352 e. The average Bonchev–Trinajstić information content (AvgIpc) is 2.59. The molecule has 5 nitrogen and oxygen atoms in total. The van der Waals surface area contributed by atoms with Crippen LogP contribution >= 0.6 is 0 Å². The summed E-state index contributed by atoms with van der Waals surface area (Å²) < 4.78 is 27.4. The van der Waals surface area contributed by atoms with Crippen molar-refractivity contribution in [1.82, 2.24) is 5.32 Å². The maximum atomic E-state index is 12.4. The first-order valence-electron chi connectivity index (χ1n) is 7.99. The van der Waals surface area contributed by atoms with Crippen molar-refractivity contribution < 1.29 is 13.2 Å². The highest BCUT2D eigenvalue weighted by Gasteiger charge is 2.16. The van der Waals surface area contributed by atoms with E-state index in [1.54, 1.807) is 42.5 Å². The van der Waals surface area contributed by atoms with Crippen LogP contribution < -0.4 is 10.0 Å². The number of unbranched alkanes of at least 4 members (excludes halogenated alkanes) is 2. The molecule has 0 aliphatic heterocycles. The summed E-state index contributed by atoms with van der Waals surface area (Å²) in [6, 6.07) is 14.7. The van der Waals surface area contributed by atoms with Crippen molar-refractivity contribution >= 4 is 21.6 Å². The van der Waals surface area contributed by atoms with Crippen molar-refractivity contribution in [2.75, 3.05) is 11.3 Å². The van der Waals surface area contributed by atoms with Crippen LogP contribution in [0, 0.1) is 0 Å². The highest BCUT2D eigenvalue weighted by atomic mass is 32.2. The number of sulfonamides is 1. The molecule has 6 heteroatoms. The number of anilines is 1. The number of benzene rings is 2. The Morgan fingerprint density at radius 3 is 2.46 bits per heavy atom. The number of amides is 1. The van der Waals surface area contributed by atoms with Crippen LogP contribution in [-0.2, 0) is 10.0 Å². The molecule has 0 spiro atoms. The minimum atomic E-state index is -3.73. The Kier molecular flexibility index (Phi) is 6.37. The van der Waals surface area contributed by atoms with Gasteiger partial charge in [0.15, 0.2) is 0 Å². The molecule has 0 aliphatic rings. The molecule has 0 unspecified atom stereocenters. The molecule has 0 bridgehead atoms. The van der Waals surface area contributed by atoms with Crippen LogP contribution in [0.1, 0.15) is 36.5 Å². The van der Waals surface area contributed by atoms with Gasteiger partial charge in [-0.05, 0) is 36.8 Å². The zero-order chi connectivity index (χ0) is 17.4. The maximum absolute atomic E-state index is 12.4. The van der Waals surface area contributed by atoms with Gasteiger partial charge in [-0.15, -0.1) is 0 Å². The Labute approximate surface area is 143 Å². The zero-order valence-electron chi connectivity index (χ0n) is 13.7. The number of hydrogen-bond acceptors (Lipinski definition) is 3. The van der Waals surface area contributed by atoms with Gasteiger partial charge in [0.05, 0.1) is 4.90 Å². The molecule has 2 aromatic rings. The van der Waals surface area contributed by atoms with Crippen molar-refractivity contribution in [3.63, 3.8) is 0 Å². The monoisotopic (exact) mass is 346 g/mol. The van der Waals surface area contributed by atoms with E-state index in [-0.39, 0.29) is 10.8 Å². The summed E-state index contributed by atoms with van der Waals surface area (Å²) in [5.41, 5.74) is 0.814. The van der Waals surface area contributed by atoms with Gasteiger partial charge in [-0.2, -0.15) is 0 Å². The molecule has 24 heavy (non-hydrogen) atoms. The Hall–Kier alpha value is -2.34. The second kappa shape index (κ2) is 8.49. The molecule has 0 heterocycles. The van der Waals surface area contributed by atoms with Crippen molar-refractivity contribution in [2.45, 2.75) is 31.1 Å². The predicted octanol–water partition coefficient (Wildman–Crippen LogP) is 3.41. The molecule has 0 aliphatic carbocycles. The van der Waals surface area contributed by atoms with Crippen molar-refractivity contribution in [3.05, 3.63) is 60.2 Å². The molecule has 2 N–H and O–H groups in total. The van der Waals surface area contributed by atoms with Gasteiger partial charge in [0, 0.05) is 17.8 Å². The van der Waals surface area contributed by atoms with Gasteiger partial charge in [0.1, 0.15) is 0 Å². The second-order valence-electron chi connectivity index (χ2n) is 5.46. The number of carbonyl (C=O) groups excluding carboxylic acids is 1. The smallest absolute Gasteiger partial charge is 0.261 e. The van der Waals surface area contributed by atoms with Crippen molar-refractivity contribution in [2.24, 2.45) is 0 Å². The molecule has 2 aromatic carbocycles. The van der Waals surface area contributed by atoms with E-state index in [0.717, 1.165) is 19.3 Å². The highest BCUT2D eigenvalue weighted by molar-refractivity contribution is 7.92. The molecule has 0 radical (unpaired) electrons. The van der Waals surface area contributed by atoms with E-state index in [4.69, 9.17) is 0 Å². The van der Waals surface area contributed by atoms with Crippen LogP contribution in [0.3, 0.4) is 0 Å². The third kappa shape index (κ3) is 5.09. The third-order valence-corrected chi connectivity index (χ3v) is 4.88. The van der Waals surface area contributed by atoms with E-state index in [9.17, 15) is 13.2 Å². The van der Waals surface area contributed by atoms with Gasteiger partial charge in [-0.25, -0.2) is 8.42 Å². The van der Waals surface area contributed by atoms with Gasteiger partial charge in [-0.3, -0.25) is 9.52 Å². The van der Waals surface area contributed by atoms with Crippen LogP contribution in [0.2, 0.25) is 0 Å². The lowest BCUT2D eigenvalue weighted by molar-refractivity contribution is 0.0952. The van der Waals surface area contributed by atoms with Crippen molar-refractivity contribution in [3.8, 4) is 0 Å². The molecule has 128 valence electrons. The number of para-hydroxylation sites is 1. The molecule has 0 atom stereocenters. The summed E-state index contributed by atoms with van der Waals surface area (Å²) in [5, 5.41) is 2.81. The number of carbonyl (C=O) groups is 1. The zero-order valence-corrected chi connectivity index (χ0v) is 14.5. The lowest BCUT2D eigenvalue weighted by Gasteiger charge is -2.10. The van der Waals surface area contributed by atoms with E-state index in [2.05, 4.69) is 17.0 Å². The quantitative estimate of drug-likeness (QED) is 0.719. The van der Waals surface area contributed by atoms with Crippen LogP contribution in [0.15, 0.2) is 59.5 Å². The van der Waals surface area contributed by atoms with Crippen molar-refractivity contribution in [1.29, 1.82) is 0 Å². The summed E-state index contributed by atoms with van der Waals surface area (Å²) >= 11 is 0. The van der Waals surface area contributed by atoms with Gasteiger partial charge in [-0.1, -0.05) is 44.0 Å². The molecule has 0 saturated carbocycles. The SMILES string of the molecule is CCCCCNC(=O)c1cccc(S(=O)(=O)Nc2ccccc2)c1. The summed E-state index contributed by atoms with van der Waals surface area (Å²) in [7, 11) is -3.73. The van der Waals surface area contributed by atoms with E-state index in [1.807, 2.05) is 0 Å².